The molecule has 1 fully saturated rings. The van der Waals surface area contributed by atoms with E-state index in [9.17, 15) is 9.59 Å². The van der Waals surface area contributed by atoms with Crippen molar-refractivity contribution in [2.45, 2.75) is 51.4 Å². The van der Waals surface area contributed by atoms with Gasteiger partial charge in [0.25, 0.3) is 0 Å². The molecule has 1 saturated carbocycles. The Labute approximate surface area is 132 Å². The highest BCUT2D eigenvalue weighted by Gasteiger charge is 2.55. The van der Waals surface area contributed by atoms with Crippen LogP contribution in [0.4, 0.5) is 0 Å². The molecular formula is C19H24O3. The van der Waals surface area contributed by atoms with E-state index in [4.69, 9.17) is 4.74 Å². The molecule has 3 unspecified atom stereocenters. The molecule has 0 bridgehead atoms. The zero-order valence-corrected chi connectivity index (χ0v) is 13.6. The number of ether oxygens (including phenoxy) is 1. The number of benzene rings is 1. The van der Waals surface area contributed by atoms with E-state index in [1.165, 1.54) is 18.2 Å². The predicted molar refractivity (Wildman–Crippen MR) is 85.0 cm³/mol. The van der Waals surface area contributed by atoms with Gasteiger partial charge in [-0.05, 0) is 61.1 Å². The summed E-state index contributed by atoms with van der Waals surface area (Å²) in [5, 5.41) is 0. The molecule has 1 aromatic rings. The lowest BCUT2D eigenvalue weighted by Gasteiger charge is -2.54. The summed E-state index contributed by atoms with van der Waals surface area (Å²) in [5.41, 5.74) is 2.86. The van der Waals surface area contributed by atoms with Crippen molar-refractivity contribution in [2.24, 2.45) is 11.3 Å². The van der Waals surface area contributed by atoms with Crippen LogP contribution in [0.3, 0.4) is 0 Å². The Morgan fingerprint density at radius 1 is 1.32 bits per heavy atom. The van der Waals surface area contributed by atoms with Crippen LogP contribution in [0.1, 0.15) is 61.0 Å². The van der Waals surface area contributed by atoms with Gasteiger partial charge in [0.05, 0.1) is 12.5 Å². The Balaban J connectivity index is 2.11. The van der Waals surface area contributed by atoms with Gasteiger partial charge in [-0.1, -0.05) is 25.5 Å². The van der Waals surface area contributed by atoms with Crippen molar-refractivity contribution < 1.29 is 14.3 Å². The molecule has 3 nitrogen and oxygen atoms in total. The second-order valence-electron chi connectivity index (χ2n) is 7.31. The summed E-state index contributed by atoms with van der Waals surface area (Å²) in [6.45, 7) is 4.33. The maximum absolute atomic E-state index is 12.4. The SMILES string of the molecule is COC(=O)C1(C)CCCC2(C)c3cc(C=O)ccc3CCC12. The normalized spacial score (nSPS) is 33.5. The summed E-state index contributed by atoms with van der Waals surface area (Å²) in [4.78, 5) is 23.6. The van der Waals surface area contributed by atoms with Crippen LogP contribution in [0.15, 0.2) is 18.2 Å². The molecule has 0 amide bonds. The van der Waals surface area contributed by atoms with Gasteiger partial charge in [-0.15, -0.1) is 0 Å². The highest BCUT2D eigenvalue weighted by molar-refractivity contribution is 5.78. The minimum Gasteiger partial charge on any atom is -0.469 e. The number of aldehydes is 1. The van der Waals surface area contributed by atoms with Crippen LogP contribution in [0, 0.1) is 11.3 Å². The number of hydrogen-bond donors (Lipinski definition) is 0. The molecule has 2 aliphatic carbocycles. The van der Waals surface area contributed by atoms with Gasteiger partial charge in [0.1, 0.15) is 6.29 Å². The van der Waals surface area contributed by atoms with Crippen molar-refractivity contribution in [3.05, 3.63) is 34.9 Å². The van der Waals surface area contributed by atoms with Crippen LogP contribution in [-0.2, 0) is 21.4 Å². The van der Waals surface area contributed by atoms with E-state index in [2.05, 4.69) is 19.9 Å². The third-order valence-corrected chi connectivity index (χ3v) is 6.17. The molecule has 0 aromatic heterocycles. The topological polar surface area (TPSA) is 43.4 Å². The van der Waals surface area contributed by atoms with Gasteiger partial charge in [-0.25, -0.2) is 0 Å². The average Bonchev–Trinajstić information content (AvgIpc) is 2.53. The van der Waals surface area contributed by atoms with E-state index in [0.29, 0.717) is 0 Å². The minimum absolute atomic E-state index is 0.0478. The number of esters is 1. The van der Waals surface area contributed by atoms with E-state index in [1.54, 1.807) is 0 Å². The maximum atomic E-state index is 12.4. The lowest BCUT2D eigenvalue weighted by molar-refractivity contribution is -0.161. The smallest absolute Gasteiger partial charge is 0.311 e. The lowest BCUT2D eigenvalue weighted by atomic mass is 9.50. The Bertz CT molecular complexity index is 621. The Morgan fingerprint density at radius 3 is 2.77 bits per heavy atom. The van der Waals surface area contributed by atoms with Gasteiger partial charge in [0.2, 0.25) is 0 Å². The van der Waals surface area contributed by atoms with Crippen LogP contribution in [-0.4, -0.2) is 19.4 Å². The van der Waals surface area contributed by atoms with Gasteiger partial charge in [-0.2, -0.15) is 0 Å². The fourth-order valence-corrected chi connectivity index (χ4v) is 5.03. The molecule has 0 N–H and O–H groups in total. The first-order valence-electron chi connectivity index (χ1n) is 8.13. The number of carbonyl (C=O) groups excluding carboxylic acids is 2. The largest absolute Gasteiger partial charge is 0.469 e. The van der Waals surface area contributed by atoms with Crippen molar-refractivity contribution in [3.8, 4) is 0 Å². The molecule has 3 heteroatoms. The third kappa shape index (κ3) is 2.02. The third-order valence-electron chi connectivity index (χ3n) is 6.17. The van der Waals surface area contributed by atoms with Crippen LogP contribution < -0.4 is 0 Å². The van der Waals surface area contributed by atoms with Gasteiger partial charge in [0, 0.05) is 5.56 Å². The molecule has 3 atom stereocenters. The van der Waals surface area contributed by atoms with Crippen LogP contribution >= 0.6 is 0 Å². The fourth-order valence-electron chi connectivity index (χ4n) is 5.03. The molecular weight excluding hydrogens is 276 g/mol. The summed E-state index contributed by atoms with van der Waals surface area (Å²) in [5.74, 6) is 0.189. The highest BCUT2D eigenvalue weighted by atomic mass is 16.5. The van der Waals surface area contributed by atoms with Crippen LogP contribution in [0.25, 0.3) is 0 Å². The van der Waals surface area contributed by atoms with Gasteiger partial charge in [0.15, 0.2) is 0 Å². The Hall–Kier alpha value is -1.64. The molecule has 3 rings (SSSR count). The van der Waals surface area contributed by atoms with E-state index < -0.39 is 5.41 Å². The molecule has 0 spiro atoms. The zero-order chi connectivity index (χ0) is 16.0. The number of aryl methyl sites for hydroxylation is 1. The zero-order valence-electron chi connectivity index (χ0n) is 13.6. The minimum atomic E-state index is -0.420. The van der Waals surface area contributed by atoms with E-state index >= 15 is 0 Å². The van der Waals surface area contributed by atoms with Crippen molar-refractivity contribution in [1.82, 2.24) is 0 Å². The van der Waals surface area contributed by atoms with Gasteiger partial charge >= 0.3 is 5.97 Å². The van der Waals surface area contributed by atoms with E-state index in [0.717, 1.165) is 44.0 Å². The first-order chi connectivity index (χ1) is 10.5. The predicted octanol–water partition coefficient (Wildman–Crippen LogP) is 3.68. The maximum Gasteiger partial charge on any atom is 0.311 e. The standard InChI is InChI=1S/C19H24O3/c1-18-9-4-10-19(2,17(21)22-3)16(18)8-7-14-6-5-13(12-20)11-15(14)18/h5-6,11-12,16H,4,7-10H2,1-3H3. The van der Waals surface area contributed by atoms with Crippen molar-refractivity contribution in [2.75, 3.05) is 7.11 Å². The van der Waals surface area contributed by atoms with E-state index in [1.807, 2.05) is 12.1 Å². The van der Waals surface area contributed by atoms with Crippen LogP contribution in [0.5, 0.6) is 0 Å². The molecule has 0 saturated heterocycles. The molecule has 118 valence electrons. The van der Waals surface area contributed by atoms with Gasteiger partial charge in [-0.3, -0.25) is 9.59 Å². The first kappa shape index (κ1) is 15.3. The monoisotopic (exact) mass is 300 g/mol. The van der Waals surface area contributed by atoms with Crippen LogP contribution in [0.2, 0.25) is 0 Å². The molecule has 0 aliphatic heterocycles. The summed E-state index contributed by atoms with van der Waals surface area (Å²) >= 11 is 0. The number of carbonyl (C=O) groups is 2. The second-order valence-corrected chi connectivity index (χ2v) is 7.31. The highest BCUT2D eigenvalue weighted by Crippen LogP contribution is 2.57. The molecule has 0 heterocycles. The quantitative estimate of drug-likeness (QED) is 0.618. The summed E-state index contributed by atoms with van der Waals surface area (Å²) in [6, 6.07) is 6.03. The number of methoxy groups -OCH3 is 1. The van der Waals surface area contributed by atoms with E-state index in [-0.39, 0.29) is 17.3 Å². The number of fused-ring (bicyclic) bond motifs is 3. The number of rotatable bonds is 2. The molecule has 0 radical (unpaired) electrons. The van der Waals surface area contributed by atoms with Crippen molar-refractivity contribution in [1.29, 1.82) is 0 Å². The first-order valence-corrected chi connectivity index (χ1v) is 8.13. The molecule has 22 heavy (non-hydrogen) atoms. The molecule has 2 aliphatic rings. The van der Waals surface area contributed by atoms with Gasteiger partial charge < -0.3 is 4.74 Å². The van der Waals surface area contributed by atoms with Crippen molar-refractivity contribution >= 4 is 12.3 Å². The summed E-state index contributed by atoms with van der Waals surface area (Å²) < 4.78 is 5.12. The lowest BCUT2D eigenvalue weighted by Crippen LogP contribution is -2.52. The number of hydrogen-bond acceptors (Lipinski definition) is 3. The second kappa shape index (κ2) is 5.22. The average molecular weight is 300 g/mol. The summed E-state index contributed by atoms with van der Waals surface area (Å²) in [6.07, 6.45) is 5.87. The Morgan fingerprint density at radius 2 is 2.09 bits per heavy atom. The fraction of sp³-hybridized carbons (Fsp3) is 0.579. The summed E-state index contributed by atoms with van der Waals surface area (Å²) in [7, 11) is 1.49. The molecule has 1 aromatic carbocycles. The van der Waals surface area contributed by atoms with Crippen molar-refractivity contribution in [3.63, 3.8) is 0 Å². The Kier molecular flexibility index (Phi) is 3.62.